The minimum atomic E-state index is -0.0725. The number of thioether (sulfide) groups is 1. The van der Waals surface area contributed by atoms with Crippen LogP contribution in [0.25, 0.3) is 10.2 Å². The standard InChI is InChI=1S/C22H23N3OS2/c1-15(13-23)14-27-22-24-20-19(17-9-5-6-10-18(17)28-20)21(26)25(22)12-11-16-7-3-2-4-8-16/h2-4,7-8,15H,5-6,9-12,14H2,1H3/t15-/m1/s1. The third-order valence-corrected chi connectivity index (χ3v) is 7.61. The van der Waals surface area contributed by atoms with E-state index in [2.05, 4.69) is 18.2 Å². The molecule has 0 bridgehead atoms. The van der Waals surface area contributed by atoms with Crippen molar-refractivity contribution in [3.63, 3.8) is 0 Å². The molecule has 0 saturated heterocycles. The van der Waals surface area contributed by atoms with Gasteiger partial charge in [-0.3, -0.25) is 9.36 Å². The Morgan fingerprint density at radius 1 is 1.29 bits per heavy atom. The number of nitrogens with zero attached hydrogens (tertiary/aromatic N) is 3. The lowest BCUT2D eigenvalue weighted by molar-refractivity contribution is 0.594. The van der Waals surface area contributed by atoms with E-state index in [1.807, 2.05) is 29.7 Å². The summed E-state index contributed by atoms with van der Waals surface area (Å²) in [5, 5.41) is 10.7. The largest absolute Gasteiger partial charge is 0.287 e. The van der Waals surface area contributed by atoms with Crippen LogP contribution < -0.4 is 5.56 Å². The highest BCUT2D eigenvalue weighted by Gasteiger charge is 2.22. The molecule has 3 aromatic rings. The summed E-state index contributed by atoms with van der Waals surface area (Å²) in [6.07, 6.45) is 5.19. The van der Waals surface area contributed by atoms with Crippen molar-refractivity contribution >= 4 is 33.3 Å². The van der Waals surface area contributed by atoms with Crippen molar-refractivity contribution in [1.82, 2.24) is 9.55 Å². The van der Waals surface area contributed by atoms with Gasteiger partial charge >= 0.3 is 0 Å². The molecule has 28 heavy (non-hydrogen) atoms. The first kappa shape index (κ1) is 19.2. The van der Waals surface area contributed by atoms with Gasteiger partial charge in [-0.2, -0.15) is 5.26 Å². The number of benzene rings is 1. The Labute approximate surface area is 173 Å². The van der Waals surface area contributed by atoms with Crippen molar-refractivity contribution in [3.05, 3.63) is 56.7 Å². The van der Waals surface area contributed by atoms with E-state index in [4.69, 9.17) is 10.2 Å². The van der Waals surface area contributed by atoms with Gasteiger partial charge < -0.3 is 0 Å². The molecule has 0 spiro atoms. The fraction of sp³-hybridized carbons (Fsp3) is 0.409. The van der Waals surface area contributed by atoms with Crippen LogP contribution in [0.15, 0.2) is 40.3 Å². The zero-order valence-electron chi connectivity index (χ0n) is 16.0. The molecule has 6 heteroatoms. The zero-order valence-corrected chi connectivity index (χ0v) is 17.6. The number of aryl methyl sites for hydroxylation is 3. The van der Waals surface area contributed by atoms with E-state index in [0.717, 1.165) is 41.1 Å². The lowest BCUT2D eigenvalue weighted by atomic mass is 9.97. The summed E-state index contributed by atoms with van der Waals surface area (Å²) in [6.45, 7) is 2.52. The highest BCUT2D eigenvalue weighted by molar-refractivity contribution is 7.99. The number of rotatable bonds is 6. The van der Waals surface area contributed by atoms with Crippen LogP contribution in [-0.4, -0.2) is 15.3 Å². The van der Waals surface area contributed by atoms with Gasteiger partial charge in [0.2, 0.25) is 0 Å². The van der Waals surface area contributed by atoms with Crippen molar-refractivity contribution in [2.45, 2.75) is 50.7 Å². The second-order valence-electron chi connectivity index (χ2n) is 7.32. The van der Waals surface area contributed by atoms with Crippen LogP contribution in [0, 0.1) is 17.2 Å². The molecule has 2 aromatic heterocycles. The first-order valence-electron chi connectivity index (χ1n) is 9.79. The molecule has 4 nitrogen and oxygen atoms in total. The summed E-state index contributed by atoms with van der Waals surface area (Å²) >= 11 is 3.21. The smallest absolute Gasteiger partial charge is 0.263 e. The summed E-state index contributed by atoms with van der Waals surface area (Å²) in [7, 11) is 0. The maximum atomic E-state index is 13.5. The predicted octanol–water partition coefficient (Wildman–Crippen LogP) is 4.83. The van der Waals surface area contributed by atoms with Crippen LogP contribution in [0.2, 0.25) is 0 Å². The van der Waals surface area contributed by atoms with Gasteiger partial charge in [-0.25, -0.2) is 4.98 Å². The Morgan fingerprint density at radius 3 is 2.86 bits per heavy atom. The number of aromatic nitrogens is 2. The Morgan fingerprint density at radius 2 is 2.07 bits per heavy atom. The van der Waals surface area contributed by atoms with Gasteiger partial charge in [0.25, 0.3) is 5.56 Å². The molecule has 0 unspecified atom stereocenters. The molecular weight excluding hydrogens is 386 g/mol. The van der Waals surface area contributed by atoms with Crippen LogP contribution in [0.5, 0.6) is 0 Å². The normalized spacial score (nSPS) is 14.6. The van der Waals surface area contributed by atoms with Crippen molar-refractivity contribution in [3.8, 4) is 6.07 Å². The zero-order chi connectivity index (χ0) is 19.5. The first-order valence-corrected chi connectivity index (χ1v) is 11.6. The molecule has 1 atom stereocenters. The summed E-state index contributed by atoms with van der Waals surface area (Å²) < 4.78 is 1.84. The second kappa shape index (κ2) is 8.50. The molecule has 0 amide bonds. The van der Waals surface area contributed by atoms with Crippen LogP contribution >= 0.6 is 23.1 Å². The minimum absolute atomic E-state index is 0.0725. The molecule has 0 fully saturated rings. The Kier molecular flexibility index (Phi) is 5.84. The predicted molar refractivity (Wildman–Crippen MR) is 116 cm³/mol. The van der Waals surface area contributed by atoms with Crippen LogP contribution in [0.3, 0.4) is 0 Å². The number of fused-ring (bicyclic) bond motifs is 3. The summed E-state index contributed by atoms with van der Waals surface area (Å²) in [5.74, 6) is 0.571. The molecule has 2 heterocycles. The van der Waals surface area contributed by atoms with E-state index in [9.17, 15) is 4.79 Å². The topological polar surface area (TPSA) is 58.7 Å². The second-order valence-corrected chi connectivity index (χ2v) is 9.39. The van der Waals surface area contributed by atoms with Crippen molar-refractivity contribution in [2.75, 3.05) is 5.75 Å². The van der Waals surface area contributed by atoms with Gasteiger partial charge in [0, 0.05) is 17.2 Å². The van der Waals surface area contributed by atoms with Gasteiger partial charge in [0.1, 0.15) is 4.83 Å². The van der Waals surface area contributed by atoms with Gasteiger partial charge in [0.05, 0.1) is 17.4 Å². The molecule has 144 valence electrons. The maximum absolute atomic E-state index is 13.5. The Bertz CT molecular complexity index is 1080. The fourth-order valence-corrected chi connectivity index (χ4v) is 5.92. The fourth-order valence-electron chi connectivity index (χ4n) is 3.65. The molecule has 0 N–H and O–H groups in total. The molecule has 1 aliphatic rings. The van der Waals surface area contributed by atoms with Crippen LogP contribution in [-0.2, 0) is 25.8 Å². The highest BCUT2D eigenvalue weighted by Crippen LogP contribution is 2.34. The number of hydrogen-bond acceptors (Lipinski definition) is 5. The third-order valence-electron chi connectivity index (χ3n) is 5.19. The molecular formula is C22H23N3OS2. The van der Waals surface area contributed by atoms with Gasteiger partial charge in [0.15, 0.2) is 5.16 Å². The lowest BCUT2D eigenvalue weighted by Gasteiger charge is -2.14. The quantitative estimate of drug-likeness (QED) is 0.432. The van der Waals surface area contributed by atoms with E-state index < -0.39 is 0 Å². The van der Waals surface area contributed by atoms with Gasteiger partial charge in [-0.05, 0) is 50.2 Å². The average Bonchev–Trinajstić information content (AvgIpc) is 3.10. The van der Waals surface area contributed by atoms with E-state index in [0.29, 0.717) is 12.3 Å². The lowest BCUT2D eigenvalue weighted by Crippen LogP contribution is -2.25. The number of thiophene rings is 1. The summed E-state index contributed by atoms with van der Waals surface area (Å²) in [6, 6.07) is 12.5. The Hall–Kier alpha value is -2.10. The van der Waals surface area contributed by atoms with Crippen LogP contribution in [0.4, 0.5) is 0 Å². The number of hydrogen-bond donors (Lipinski definition) is 0. The van der Waals surface area contributed by atoms with Crippen molar-refractivity contribution in [1.29, 1.82) is 5.26 Å². The van der Waals surface area contributed by atoms with Gasteiger partial charge in [-0.15, -0.1) is 11.3 Å². The molecule has 0 radical (unpaired) electrons. The molecule has 1 aliphatic carbocycles. The Balaban J connectivity index is 1.75. The third kappa shape index (κ3) is 3.87. The van der Waals surface area contributed by atoms with Crippen molar-refractivity contribution < 1.29 is 0 Å². The molecule has 0 aliphatic heterocycles. The summed E-state index contributed by atoms with van der Waals surface area (Å²) in [5.41, 5.74) is 2.54. The first-order chi connectivity index (χ1) is 13.7. The van der Waals surface area contributed by atoms with E-state index in [-0.39, 0.29) is 11.5 Å². The van der Waals surface area contributed by atoms with E-state index in [1.165, 1.54) is 34.2 Å². The van der Waals surface area contributed by atoms with Crippen molar-refractivity contribution in [2.24, 2.45) is 5.92 Å². The minimum Gasteiger partial charge on any atom is -0.287 e. The molecule has 0 saturated carbocycles. The monoisotopic (exact) mass is 409 g/mol. The van der Waals surface area contributed by atoms with Crippen LogP contribution in [0.1, 0.15) is 35.8 Å². The molecule has 1 aromatic carbocycles. The highest BCUT2D eigenvalue weighted by atomic mass is 32.2. The van der Waals surface area contributed by atoms with Gasteiger partial charge in [-0.1, -0.05) is 42.1 Å². The number of nitriles is 1. The van der Waals surface area contributed by atoms with E-state index in [1.54, 1.807) is 11.3 Å². The molecule has 4 rings (SSSR count). The average molecular weight is 410 g/mol. The maximum Gasteiger partial charge on any atom is 0.263 e. The van der Waals surface area contributed by atoms with E-state index >= 15 is 0 Å². The summed E-state index contributed by atoms with van der Waals surface area (Å²) in [4.78, 5) is 20.6. The SMILES string of the molecule is C[C@H](C#N)CSc1nc2sc3c(c2c(=O)n1CCc1ccccc1)CCCC3.